The van der Waals surface area contributed by atoms with E-state index in [2.05, 4.69) is 9.98 Å². The summed E-state index contributed by atoms with van der Waals surface area (Å²) in [5, 5.41) is 0. The minimum Gasteiger partial charge on any atom is -0.297 e. The van der Waals surface area contributed by atoms with E-state index in [1.165, 1.54) is 18.3 Å². The lowest BCUT2D eigenvalue weighted by Gasteiger charge is -2.06. The van der Waals surface area contributed by atoms with E-state index in [-0.39, 0.29) is 23.0 Å². The van der Waals surface area contributed by atoms with Crippen molar-refractivity contribution in [3.8, 4) is 0 Å². The maximum absolute atomic E-state index is 12.9. The molecular weight excluding hydrogens is 367 g/mol. The third kappa shape index (κ3) is 6.21. The van der Waals surface area contributed by atoms with E-state index < -0.39 is 15.7 Å². The molecule has 7 heteroatoms. The van der Waals surface area contributed by atoms with Crippen LogP contribution >= 0.6 is 0 Å². The van der Waals surface area contributed by atoms with Crippen molar-refractivity contribution in [1.82, 2.24) is 0 Å². The van der Waals surface area contributed by atoms with Gasteiger partial charge in [-0.15, -0.1) is 0 Å². The Morgan fingerprint density at radius 1 is 1.07 bits per heavy atom. The van der Waals surface area contributed by atoms with Crippen molar-refractivity contribution in [3.05, 3.63) is 65.5 Å². The van der Waals surface area contributed by atoms with Gasteiger partial charge in [0.05, 0.1) is 10.6 Å². The van der Waals surface area contributed by atoms with Crippen LogP contribution in [0.15, 0.2) is 63.4 Å². The van der Waals surface area contributed by atoms with Crippen LogP contribution in [0, 0.1) is 5.82 Å². The first-order valence-electron chi connectivity index (χ1n) is 8.46. The lowest BCUT2D eigenvalue weighted by atomic mass is 10.0. The highest BCUT2D eigenvalue weighted by Crippen LogP contribution is 2.12. The summed E-state index contributed by atoms with van der Waals surface area (Å²) in [5.74, 6) is -1.03. The van der Waals surface area contributed by atoms with Crippen LogP contribution < -0.4 is 0 Å². The van der Waals surface area contributed by atoms with E-state index in [0.717, 1.165) is 17.7 Å². The van der Waals surface area contributed by atoms with Crippen LogP contribution in [0.2, 0.25) is 0 Å². The van der Waals surface area contributed by atoms with Crippen LogP contribution in [0.5, 0.6) is 0 Å². The van der Waals surface area contributed by atoms with E-state index in [0.29, 0.717) is 18.5 Å². The first-order valence-corrected chi connectivity index (χ1v) is 10.1. The second-order valence-corrected chi connectivity index (χ2v) is 7.79. The summed E-state index contributed by atoms with van der Waals surface area (Å²) in [7, 11) is -3.61. The van der Waals surface area contributed by atoms with Crippen molar-refractivity contribution in [3.63, 3.8) is 0 Å². The van der Waals surface area contributed by atoms with Crippen LogP contribution in [0.3, 0.4) is 0 Å². The normalized spacial score (nSPS) is 12.1. The molecule has 0 atom stereocenters. The van der Waals surface area contributed by atoms with Gasteiger partial charge in [0.2, 0.25) is 0 Å². The SMILES string of the molecule is CC=NCCc1ccccc1C(=O)CN=CCS(=O)(=O)c1ccc(F)cc1. The molecule has 0 saturated carbocycles. The van der Waals surface area contributed by atoms with E-state index in [1.54, 1.807) is 18.3 Å². The molecule has 0 aliphatic rings. The fourth-order valence-electron chi connectivity index (χ4n) is 2.45. The molecule has 0 radical (unpaired) electrons. The molecule has 0 N–H and O–H groups in total. The summed E-state index contributed by atoms with van der Waals surface area (Å²) >= 11 is 0. The van der Waals surface area contributed by atoms with Gasteiger partial charge in [-0.25, -0.2) is 12.8 Å². The zero-order chi connectivity index (χ0) is 19.7. The summed E-state index contributed by atoms with van der Waals surface area (Å²) in [6, 6.07) is 11.8. The van der Waals surface area contributed by atoms with Gasteiger partial charge >= 0.3 is 0 Å². The van der Waals surface area contributed by atoms with Crippen molar-refractivity contribution in [1.29, 1.82) is 0 Å². The molecule has 0 bridgehead atoms. The van der Waals surface area contributed by atoms with Crippen molar-refractivity contribution in [2.24, 2.45) is 9.98 Å². The third-order valence-corrected chi connectivity index (χ3v) is 5.42. The largest absolute Gasteiger partial charge is 0.297 e. The molecular formula is C20H21FN2O3S. The number of hydrogen-bond acceptors (Lipinski definition) is 5. The molecule has 0 aliphatic carbocycles. The highest BCUT2D eigenvalue weighted by atomic mass is 32.2. The Morgan fingerprint density at radius 2 is 1.78 bits per heavy atom. The van der Waals surface area contributed by atoms with E-state index in [9.17, 15) is 17.6 Å². The van der Waals surface area contributed by atoms with Gasteiger partial charge in [0, 0.05) is 18.3 Å². The number of Topliss-reactive ketones (excluding diaryl/α,β-unsaturated/α-hetero) is 1. The maximum Gasteiger partial charge on any atom is 0.184 e. The van der Waals surface area contributed by atoms with Crippen LogP contribution in [-0.4, -0.2) is 45.5 Å². The molecule has 0 heterocycles. The smallest absolute Gasteiger partial charge is 0.184 e. The first kappa shape index (κ1) is 20.6. The molecule has 0 fully saturated rings. The Hall–Kier alpha value is -2.67. The molecule has 2 aromatic rings. The second-order valence-electron chi connectivity index (χ2n) is 5.75. The lowest BCUT2D eigenvalue weighted by Crippen LogP contribution is -2.11. The van der Waals surface area contributed by atoms with Crippen molar-refractivity contribution < 1.29 is 17.6 Å². The summed E-state index contributed by atoms with van der Waals surface area (Å²) in [6.07, 6.45) is 3.58. The molecule has 2 rings (SSSR count). The van der Waals surface area contributed by atoms with Crippen LogP contribution in [0.1, 0.15) is 22.8 Å². The molecule has 0 unspecified atom stereocenters. The molecule has 0 saturated heterocycles. The van der Waals surface area contributed by atoms with Gasteiger partial charge in [-0.2, -0.15) is 0 Å². The molecule has 0 spiro atoms. The molecule has 0 amide bonds. The minimum atomic E-state index is -3.61. The van der Waals surface area contributed by atoms with Gasteiger partial charge in [-0.1, -0.05) is 24.3 Å². The van der Waals surface area contributed by atoms with Crippen LogP contribution in [0.25, 0.3) is 0 Å². The molecule has 0 aromatic heterocycles. The average Bonchev–Trinajstić information content (AvgIpc) is 2.66. The summed E-state index contributed by atoms with van der Waals surface area (Å²) in [5.41, 5.74) is 1.46. The number of rotatable bonds is 9. The highest BCUT2D eigenvalue weighted by Gasteiger charge is 2.13. The van der Waals surface area contributed by atoms with Gasteiger partial charge in [-0.05, 0) is 49.4 Å². The monoisotopic (exact) mass is 388 g/mol. The lowest BCUT2D eigenvalue weighted by molar-refractivity contribution is 0.100. The number of hydrogen-bond donors (Lipinski definition) is 0. The van der Waals surface area contributed by atoms with Gasteiger partial charge in [0.15, 0.2) is 15.6 Å². The number of carbonyl (C=O) groups is 1. The summed E-state index contributed by atoms with van der Waals surface area (Å²) < 4.78 is 37.2. The van der Waals surface area contributed by atoms with E-state index >= 15 is 0 Å². The summed E-state index contributed by atoms with van der Waals surface area (Å²) in [4.78, 5) is 20.5. The number of benzene rings is 2. The molecule has 5 nitrogen and oxygen atoms in total. The standard InChI is InChI=1S/C20H21FN2O3S/c1-2-22-12-11-16-5-3-4-6-19(16)20(24)15-23-13-14-27(25,26)18-9-7-17(21)8-10-18/h2-10,13H,11-12,14-15H2,1H3. The molecule has 142 valence electrons. The Balaban J connectivity index is 1.98. The topological polar surface area (TPSA) is 75.9 Å². The third-order valence-electron chi connectivity index (χ3n) is 3.84. The minimum absolute atomic E-state index is 0.0171. The van der Waals surface area contributed by atoms with Gasteiger partial charge in [0.25, 0.3) is 0 Å². The maximum atomic E-state index is 12.9. The predicted molar refractivity (Wildman–Crippen MR) is 105 cm³/mol. The Kier molecular flexibility index (Phi) is 7.55. The fourth-order valence-corrected chi connectivity index (χ4v) is 3.49. The number of carbonyl (C=O) groups excluding carboxylic acids is 1. The molecule has 0 aliphatic heterocycles. The Bertz CT molecular complexity index is 936. The quantitative estimate of drug-likeness (QED) is 0.376. The fraction of sp³-hybridized carbons (Fsp3) is 0.250. The Morgan fingerprint density at radius 3 is 2.48 bits per heavy atom. The predicted octanol–water partition coefficient (Wildman–Crippen LogP) is 3.19. The number of halogens is 1. The van der Waals surface area contributed by atoms with Gasteiger partial charge in [-0.3, -0.25) is 14.8 Å². The second kappa shape index (κ2) is 9.87. The number of nitrogens with zero attached hydrogens (tertiary/aromatic N) is 2. The number of ketones is 1. The number of aliphatic imine (C=N–C) groups is 2. The molecule has 2 aromatic carbocycles. The summed E-state index contributed by atoms with van der Waals surface area (Å²) in [6.45, 7) is 2.30. The molecule has 27 heavy (non-hydrogen) atoms. The zero-order valence-corrected chi connectivity index (χ0v) is 15.8. The zero-order valence-electron chi connectivity index (χ0n) is 15.0. The van der Waals surface area contributed by atoms with E-state index in [4.69, 9.17) is 0 Å². The average molecular weight is 388 g/mol. The van der Waals surface area contributed by atoms with Crippen molar-refractivity contribution in [2.45, 2.75) is 18.2 Å². The Labute approximate surface area is 158 Å². The van der Waals surface area contributed by atoms with Gasteiger partial charge in [0.1, 0.15) is 12.4 Å². The van der Waals surface area contributed by atoms with Crippen LogP contribution in [0.4, 0.5) is 4.39 Å². The van der Waals surface area contributed by atoms with Crippen LogP contribution in [-0.2, 0) is 16.3 Å². The van der Waals surface area contributed by atoms with Crippen molar-refractivity contribution >= 4 is 28.0 Å². The van der Waals surface area contributed by atoms with E-state index in [1.807, 2.05) is 19.1 Å². The first-order chi connectivity index (χ1) is 12.9. The van der Waals surface area contributed by atoms with Gasteiger partial charge < -0.3 is 0 Å². The van der Waals surface area contributed by atoms with Crippen molar-refractivity contribution in [2.75, 3.05) is 18.8 Å². The number of sulfone groups is 1. The highest BCUT2D eigenvalue weighted by molar-refractivity contribution is 7.92.